The average molecular weight is 464 g/mol. The van der Waals surface area contributed by atoms with E-state index in [2.05, 4.69) is 20.9 Å². The van der Waals surface area contributed by atoms with Crippen LogP contribution in [-0.2, 0) is 9.53 Å². The van der Waals surface area contributed by atoms with Crippen molar-refractivity contribution in [2.75, 3.05) is 11.9 Å². The van der Waals surface area contributed by atoms with Gasteiger partial charge in [0.2, 0.25) is 5.91 Å². The van der Waals surface area contributed by atoms with Gasteiger partial charge in [0.1, 0.15) is 11.6 Å². The summed E-state index contributed by atoms with van der Waals surface area (Å²) in [5.74, 6) is -0.345. The summed E-state index contributed by atoms with van der Waals surface area (Å²) in [6.45, 7) is 5.90. The summed E-state index contributed by atoms with van der Waals surface area (Å²) >= 11 is 6.11. The second-order valence-corrected chi connectivity index (χ2v) is 9.18. The number of carbonyl (C=O) groups excluding carboxylic acids is 2. The van der Waals surface area contributed by atoms with Gasteiger partial charge in [0.15, 0.2) is 10.2 Å². The zero-order valence-corrected chi connectivity index (χ0v) is 19.6. The molecule has 5 N–H and O–H groups in total. The molecule has 0 radical (unpaired) electrons. The highest BCUT2D eigenvalue weighted by atomic mass is 32.1. The molecule has 8 nitrogen and oxygen atoms in total. The molecule has 10 heteroatoms. The van der Waals surface area contributed by atoms with Crippen LogP contribution >= 0.6 is 23.6 Å². The predicted octanol–water partition coefficient (Wildman–Crippen LogP) is 3.65. The number of benzene rings is 1. The minimum atomic E-state index is -0.760. The number of carbonyl (C=O) groups is 2. The van der Waals surface area contributed by atoms with Crippen molar-refractivity contribution in [3.05, 3.63) is 35.7 Å². The maximum Gasteiger partial charge on any atom is 0.408 e. The van der Waals surface area contributed by atoms with Crippen LogP contribution in [0.1, 0.15) is 40.0 Å². The Kier molecular flexibility index (Phi) is 9.20. The first-order valence-electron chi connectivity index (χ1n) is 9.98. The second kappa shape index (κ2) is 11.6. The molecule has 2 aromatic rings. The molecule has 0 saturated heterocycles. The number of anilines is 1. The van der Waals surface area contributed by atoms with Crippen LogP contribution in [0.25, 0.3) is 11.3 Å². The van der Waals surface area contributed by atoms with E-state index in [0.29, 0.717) is 24.5 Å². The van der Waals surface area contributed by atoms with E-state index in [4.69, 9.17) is 22.7 Å². The van der Waals surface area contributed by atoms with E-state index in [1.807, 2.05) is 35.7 Å². The van der Waals surface area contributed by atoms with Crippen molar-refractivity contribution in [3.8, 4) is 11.3 Å². The molecule has 1 heterocycles. The van der Waals surface area contributed by atoms with Gasteiger partial charge in [-0.3, -0.25) is 4.79 Å². The van der Waals surface area contributed by atoms with Crippen molar-refractivity contribution in [2.24, 2.45) is 5.73 Å². The van der Waals surface area contributed by atoms with Gasteiger partial charge in [0, 0.05) is 17.5 Å². The second-order valence-electron chi connectivity index (χ2n) is 7.88. The van der Waals surface area contributed by atoms with Crippen LogP contribution in [0.3, 0.4) is 0 Å². The van der Waals surface area contributed by atoms with Crippen molar-refractivity contribution in [2.45, 2.75) is 51.7 Å². The highest BCUT2D eigenvalue weighted by molar-refractivity contribution is 7.80. The molecule has 0 spiro atoms. The standard InChI is InChI=1S/C21H29N5O3S2/c1-21(2,3)29-20(28)25-15(11-7-8-12-23-18(22)30)17(27)26-19-24-16(13-31-19)14-9-5-4-6-10-14/h4-6,9-10,13,15H,7-8,11-12H2,1-3H3,(H,25,28)(H3,22,23,30)(H,24,26,27)/t15-/m0/s1. The smallest absolute Gasteiger partial charge is 0.408 e. The lowest BCUT2D eigenvalue weighted by Crippen LogP contribution is -2.45. The quantitative estimate of drug-likeness (QED) is 0.331. The molecule has 2 rings (SSSR count). The van der Waals surface area contributed by atoms with E-state index in [0.717, 1.165) is 17.7 Å². The molecule has 0 bridgehead atoms. The molecule has 0 aliphatic heterocycles. The number of aromatic nitrogens is 1. The highest BCUT2D eigenvalue weighted by Crippen LogP contribution is 2.24. The van der Waals surface area contributed by atoms with Gasteiger partial charge < -0.3 is 26.4 Å². The molecule has 1 aromatic heterocycles. The molecule has 0 unspecified atom stereocenters. The number of nitrogens with zero attached hydrogens (tertiary/aromatic N) is 1. The fourth-order valence-corrected chi connectivity index (χ4v) is 3.49. The van der Waals surface area contributed by atoms with E-state index in [-0.39, 0.29) is 11.0 Å². The third-order valence-corrected chi connectivity index (χ3v) is 4.93. The maximum absolute atomic E-state index is 12.9. The Hall–Kier alpha value is -2.72. The first-order chi connectivity index (χ1) is 14.6. The molecule has 0 saturated carbocycles. The summed E-state index contributed by atoms with van der Waals surface area (Å²) in [5, 5.41) is 10.9. The van der Waals surface area contributed by atoms with E-state index < -0.39 is 17.7 Å². The van der Waals surface area contributed by atoms with Crippen LogP contribution in [0.5, 0.6) is 0 Å². The molecular formula is C21H29N5O3S2. The Morgan fingerprint density at radius 3 is 2.58 bits per heavy atom. The lowest BCUT2D eigenvalue weighted by atomic mass is 10.1. The summed E-state index contributed by atoms with van der Waals surface area (Å²) < 4.78 is 5.30. The zero-order valence-electron chi connectivity index (χ0n) is 17.9. The van der Waals surface area contributed by atoms with E-state index in [1.54, 1.807) is 20.8 Å². The van der Waals surface area contributed by atoms with Crippen LogP contribution in [0, 0.1) is 0 Å². The van der Waals surface area contributed by atoms with Gasteiger partial charge in [0.25, 0.3) is 0 Å². The summed E-state index contributed by atoms with van der Waals surface area (Å²) in [6.07, 6.45) is 1.21. The maximum atomic E-state index is 12.9. The van der Waals surface area contributed by atoms with Gasteiger partial charge in [-0.2, -0.15) is 0 Å². The zero-order chi connectivity index (χ0) is 22.9. The van der Waals surface area contributed by atoms with Crippen LogP contribution < -0.4 is 21.7 Å². The van der Waals surface area contributed by atoms with Crippen molar-refractivity contribution >= 4 is 45.8 Å². The molecule has 1 atom stereocenters. The first kappa shape index (κ1) is 24.5. The molecule has 2 amide bonds. The van der Waals surface area contributed by atoms with Crippen molar-refractivity contribution in [1.82, 2.24) is 15.6 Å². The van der Waals surface area contributed by atoms with E-state index in [9.17, 15) is 9.59 Å². The SMILES string of the molecule is CC(C)(C)OC(=O)N[C@@H](CCCCNC(N)=S)C(=O)Nc1nc(-c2ccccc2)cs1. The number of unbranched alkanes of at least 4 members (excludes halogenated alkanes) is 1. The van der Waals surface area contributed by atoms with Gasteiger partial charge >= 0.3 is 6.09 Å². The summed E-state index contributed by atoms with van der Waals surface area (Å²) in [4.78, 5) is 29.6. The summed E-state index contributed by atoms with van der Waals surface area (Å²) in [6, 6.07) is 8.94. The number of amides is 2. The van der Waals surface area contributed by atoms with Crippen LogP contribution in [-0.4, -0.2) is 40.3 Å². The van der Waals surface area contributed by atoms with E-state index >= 15 is 0 Å². The Morgan fingerprint density at radius 1 is 1.23 bits per heavy atom. The lowest BCUT2D eigenvalue weighted by molar-refractivity contribution is -0.118. The third kappa shape index (κ3) is 9.31. The van der Waals surface area contributed by atoms with Crippen LogP contribution in [0.15, 0.2) is 35.7 Å². The number of nitrogens with two attached hydrogens (primary N) is 1. The monoisotopic (exact) mass is 463 g/mol. The topological polar surface area (TPSA) is 118 Å². The van der Waals surface area contributed by atoms with Gasteiger partial charge in [0.05, 0.1) is 5.69 Å². The van der Waals surface area contributed by atoms with Gasteiger partial charge in [-0.25, -0.2) is 9.78 Å². The van der Waals surface area contributed by atoms with Crippen molar-refractivity contribution in [3.63, 3.8) is 0 Å². The first-order valence-corrected chi connectivity index (χ1v) is 11.3. The van der Waals surface area contributed by atoms with Crippen molar-refractivity contribution < 1.29 is 14.3 Å². The normalized spacial score (nSPS) is 12.0. The predicted molar refractivity (Wildman–Crippen MR) is 128 cm³/mol. The fraction of sp³-hybridized carbons (Fsp3) is 0.429. The number of hydrogen-bond acceptors (Lipinski definition) is 6. The number of rotatable bonds is 9. The molecule has 168 valence electrons. The number of hydrogen-bond donors (Lipinski definition) is 4. The minimum Gasteiger partial charge on any atom is -0.444 e. The van der Waals surface area contributed by atoms with Crippen molar-refractivity contribution in [1.29, 1.82) is 0 Å². The van der Waals surface area contributed by atoms with Crippen LogP contribution in [0.4, 0.5) is 9.93 Å². The van der Waals surface area contributed by atoms with Crippen LogP contribution in [0.2, 0.25) is 0 Å². The number of thiazole rings is 1. The summed E-state index contributed by atoms with van der Waals surface area (Å²) in [5.41, 5.74) is 6.50. The molecule has 0 aliphatic carbocycles. The fourth-order valence-electron chi connectivity index (χ4n) is 2.67. The van der Waals surface area contributed by atoms with E-state index in [1.165, 1.54) is 11.3 Å². The largest absolute Gasteiger partial charge is 0.444 e. The summed E-state index contributed by atoms with van der Waals surface area (Å²) in [7, 11) is 0. The Balaban J connectivity index is 1.99. The Labute approximate surface area is 192 Å². The van der Waals surface area contributed by atoms with Gasteiger partial charge in [-0.15, -0.1) is 11.3 Å². The number of nitrogens with one attached hydrogen (secondary N) is 3. The Morgan fingerprint density at radius 2 is 1.94 bits per heavy atom. The average Bonchev–Trinajstić information content (AvgIpc) is 3.14. The van der Waals surface area contributed by atoms with Gasteiger partial charge in [-0.05, 0) is 52.3 Å². The minimum absolute atomic E-state index is 0.235. The molecule has 0 fully saturated rings. The number of alkyl carbamates (subject to hydrolysis) is 1. The number of thiocarbonyl (C=S) groups is 1. The molecular weight excluding hydrogens is 434 g/mol. The molecule has 1 aromatic carbocycles. The lowest BCUT2D eigenvalue weighted by Gasteiger charge is -2.23. The molecule has 31 heavy (non-hydrogen) atoms. The molecule has 0 aliphatic rings. The van der Waals surface area contributed by atoms with Gasteiger partial charge in [-0.1, -0.05) is 30.3 Å². The number of ether oxygens (including phenoxy) is 1. The highest BCUT2D eigenvalue weighted by Gasteiger charge is 2.25. The Bertz CT molecular complexity index is 881. The third-order valence-electron chi connectivity index (χ3n) is 4.03.